The fourth-order valence-electron chi connectivity index (χ4n) is 2.27. The summed E-state index contributed by atoms with van der Waals surface area (Å²) in [6.45, 7) is -0.409. The predicted octanol–water partition coefficient (Wildman–Crippen LogP) is 2.85. The van der Waals surface area contributed by atoms with Gasteiger partial charge in [0.25, 0.3) is 0 Å². The number of rotatable bonds is 5. The van der Waals surface area contributed by atoms with E-state index in [0.717, 1.165) is 21.3 Å². The van der Waals surface area contributed by atoms with Gasteiger partial charge in [-0.05, 0) is 35.4 Å². The summed E-state index contributed by atoms with van der Waals surface area (Å²) in [6.07, 6.45) is 0.0297. The Bertz CT molecular complexity index is 923. The molecule has 0 radical (unpaired) electrons. The van der Waals surface area contributed by atoms with Gasteiger partial charge in [-0.25, -0.2) is 9.37 Å². The number of carboxylic acids is 1. The maximum absolute atomic E-state index is 13.3. The van der Waals surface area contributed by atoms with Gasteiger partial charge in [-0.15, -0.1) is 11.3 Å². The molecule has 1 heterocycles. The number of hydrogen-bond acceptors (Lipinski definition) is 4. The van der Waals surface area contributed by atoms with Crippen molar-refractivity contribution in [2.45, 2.75) is 6.42 Å². The number of carbonyl (C=O) groups excluding carboxylic acids is 1. The van der Waals surface area contributed by atoms with E-state index in [0.29, 0.717) is 5.01 Å². The average Bonchev–Trinajstić information content (AvgIpc) is 2.94. The smallest absolute Gasteiger partial charge is 0.322 e. The first kappa shape index (κ1) is 16.1. The Morgan fingerprint density at radius 1 is 1.17 bits per heavy atom. The Morgan fingerprint density at radius 3 is 2.71 bits per heavy atom. The molecule has 2 N–H and O–H groups in total. The minimum absolute atomic E-state index is 0.0297. The molecule has 0 atom stereocenters. The van der Waals surface area contributed by atoms with Gasteiger partial charge in [-0.2, -0.15) is 0 Å². The van der Waals surface area contributed by atoms with Crippen molar-refractivity contribution in [3.63, 3.8) is 0 Å². The van der Waals surface area contributed by atoms with Gasteiger partial charge in [0.15, 0.2) is 0 Å². The van der Waals surface area contributed by atoms with Gasteiger partial charge in [-0.1, -0.05) is 18.2 Å². The lowest BCUT2D eigenvalue weighted by molar-refractivity contribution is -0.137. The Hall–Kier alpha value is -2.80. The highest BCUT2D eigenvalue weighted by Gasteiger charge is 2.11. The summed E-state index contributed by atoms with van der Waals surface area (Å²) < 4.78 is 14.3. The van der Waals surface area contributed by atoms with Crippen molar-refractivity contribution in [1.82, 2.24) is 10.3 Å². The molecule has 0 bridgehead atoms. The van der Waals surface area contributed by atoms with E-state index in [-0.39, 0.29) is 18.1 Å². The molecular weight excluding hydrogens is 331 g/mol. The highest BCUT2D eigenvalue weighted by Crippen LogP contribution is 2.28. The molecule has 7 heteroatoms. The first-order valence-corrected chi connectivity index (χ1v) is 7.97. The monoisotopic (exact) mass is 344 g/mol. The quantitative estimate of drug-likeness (QED) is 0.746. The summed E-state index contributed by atoms with van der Waals surface area (Å²) in [7, 11) is 0. The number of carbonyl (C=O) groups is 2. The van der Waals surface area contributed by atoms with E-state index in [1.165, 1.54) is 23.5 Å². The van der Waals surface area contributed by atoms with Gasteiger partial charge < -0.3 is 10.4 Å². The van der Waals surface area contributed by atoms with Crippen LogP contribution in [0.25, 0.3) is 21.3 Å². The van der Waals surface area contributed by atoms with E-state index in [1.807, 2.05) is 24.3 Å². The van der Waals surface area contributed by atoms with Crippen LogP contribution in [0.5, 0.6) is 0 Å². The van der Waals surface area contributed by atoms with Crippen LogP contribution in [0.4, 0.5) is 4.39 Å². The minimum atomic E-state index is -1.09. The molecule has 122 valence electrons. The van der Waals surface area contributed by atoms with Crippen LogP contribution in [-0.4, -0.2) is 28.5 Å². The number of carboxylic acid groups (broad SMARTS) is 1. The molecular formula is C17H13FN2O3S. The lowest BCUT2D eigenvalue weighted by Crippen LogP contribution is -2.30. The molecule has 24 heavy (non-hydrogen) atoms. The molecule has 0 saturated carbocycles. The zero-order valence-corrected chi connectivity index (χ0v) is 13.3. The van der Waals surface area contributed by atoms with Crippen molar-refractivity contribution in [1.29, 1.82) is 0 Å². The Balaban J connectivity index is 1.81. The van der Waals surface area contributed by atoms with Crippen molar-refractivity contribution < 1.29 is 19.1 Å². The lowest BCUT2D eigenvalue weighted by Gasteiger charge is -2.01. The van der Waals surface area contributed by atoms with Crippen LogP contribution in [0.2, 0.25) is 0 Å². The fourth-order valence-corrected chi connectivity index (χ4v) is 3.22. The molecule has 0 aliphatic carbocycles. The van der Waals surface area contributed by atoms with Crippen molar-refractivity contribution in [3.05, 3.63) is 53.3 Å². The van der Waals surface area contributed by atoms with Gasteiger partial charge >= 0.3 is 5.97 Å². The first-order valence-electron chi connectivity index (χ1n) is 7.15. The van der Waals surface area contributed by atoms with Crippen molar-refractivity contribution in [3.8, 4) is 11.1 Å². The largest absolute Gasteiger partial charge is 0.480 e. The third-order valence-electron chi connectivity index (χ3n) is 3.34. The summed E-state index contributed by atoms with van der Waals surface area (Å²) in [4.78, 5) is 26.5. The molecule has 0 saturated heterocycles. The van der Waals surface area contributed by atoms with E-state index >= 15 is 0 Å². The number of benzene rings is 2. The van der Waals surface area contributed by atoms with Gasteiger partial charge in [0, 0.05) is 0 Å². The normalized spacial score (nSPS) is 10.7. The van der Waals surface area contributed by atoms with Gasteiger partial charge in [0.1, 0.15) is 17.4 Å². The molecule has 1 aromatic heterocycles. The molecule has 0 spiro atoms. The van der Waals surface area contributed by atoms with E-state index in [1.54, 1.807) is 6.07 Å². The Kier molecular flexibility index (Phi) is 4.52. The number of nitrogens with one attached hydrogen (secondary N) is 1. The lowest BCUT2D eigenvalue weighted by atomic mass is 10.1. The van der Waals surface area contributed by atoms with Gasteiger partial charge in [0.2, 0.25) is 5.91 Å². The van der Waals surface area contributed by atoms with Gasteiger partial charge in [-0.3, -0.25) is 9.59 Å². The van der Waals surface area contributed by atoms with Crippen LogP contribution in [0.3, 0.4) is 0 Å². The van der Waals surface area contributed by atoms with Crippen LogP contribution < -0.4 is 5.32 Å². The van der Waals surface area contributed by atoms with Crippen LogP contribution >= 0.6 is 11.3 Å². The van der Waals surface area contributed by atoms with Crippen LogP contribution in [0.15, 0.2) is 42.5 Å². The second kappa shape index (κ2) is 6.76. The number of amides is 1. The number of thiazole rings is 1. The van der Waals surface area contributed by atoms with E-state index in [2.05, 4.69) is 10.3 Å². The summed E-state index contributed by atoms with van der Waals surface area (Å²) in [5.41, 5.74) is 2.32. The maximum Gasteiger partial charge on any atom is 0.322 e. The van der Waals surface area contributed by atoms with Crippen molar-refractivity contribution in [2.75, 3.05) is 6.54 Å². The highest BCUT2D eigenvalue weighted by molar-refractivity contribution is 7.18. The third-order valence-corrected chi connectivity index (χ3v) is 4.37. The number of halogens is 1. The highest BCUT2D eigenvalue weighted by atomic mass is 32.1. The molecule has 0 aliphatic rings. The SMILES string of the molecule is O=C(O)CNC(=O)Cc1nc2cc(-c3cccc(F)c3)ccc2s1. The van der Waals surface area contributed by atoms with E-state index in [9.17, 15) is 14.0 Å². The molecule has 0 unspecified atom stereocenters. The molecule has 2 aromatic carbocycles. The fraction of sp³-hybridized carbons (Fsp3) is 0.118. The number of aromatic nitrogens is 1. The van der Waals surface area contributed by atoms with Crippen LogP contribution in [-0.2, 0) is 16.0 Å². The standard InChI is InChI=1S/C17H13FN2O3S/c18-12-3-1-2-10(6-12)11-4-5-14-13(7-11)20-16(24-14)8-15(21)19-9-17(22)23/h1-7H,8-9H2,(H,19,21)(H,22,23). The molecule has 0 aliphatic heterocycles. The van der Waals surface area contributed by atoms with E-state index in [4.69, 9.17) is 5.11 Å². The third kappa shape index (κ3) is 3.75. The minimum Gasteiger partial charge on any atom is -0.480 e. The molecule has 1 amide bonds. The molecule has 3 rings (SSSR count). The summed E-state index contributed by atoms with van der Waals surface area (Å²) in [6, 6.07) is 11.9. The average molecular weight is 344 g/mol. The summed E-state index contributed by atoms with van der Waals surface area (Å²) in [5, 5.41) is 11.5. The second-order valence-corrected chi connectivity index (χ2v) is 6.26. The summed E-state index contributed by atoms with van der Waals surface area (Å²) >= 11 is 1.37. The number of nitrogens with zero attached hydrogens (tertiary/aromatic N) is 1. The van der Waals surface area contributed by atoms with E-state index < -0.39 is 12.5 Å². The number of hydrogen-bond donors (Lipinski definition) is 2. The zero-order chi connectivity index (χ0) is 17.1. The zero-order valence-electron chi connectivity index (χ0n) is 12.5. The first-order chi connectivity index (χ1) is 11.5. The second-order valence-electron chi connectivity index (χ2n) is 5.15. The van der Waals surface area contributed by atoms with Crippen LogP contribution in [0.1, 0.15) is 5.01 Å². The maximum atomic E-state index is 13.3. The molecule has 3 aromatic rings. The summed E-state index contributed by atoms with van der Waals surface area (Å²) in [5.74, 6) is -1.78. The Labute approximate surface area is 140 Å². The topological polar surface area (TPSA) is 79.3 Å². The van der Waals surface area contributed by atoms with Gasteiger partial charge in [0.05, 0.1) is 16.6 Å². The van der Waals surface area contributed by atoms with Crippen molar-refractivity contribution in [2.24, 2.45) is 0 Å². The Morgan fingerprint density at radius 2 is 1.96 bits per heavy atom. The predicted molar refractivity (Wildman–Crippen MR) is 89.4 cm³/mol. The van der Waals surface area contributed by atoms with Crippen LogP contribution in [0, 0.1) is 5.82 Å². The molecule has 5 nitrogen and oxygen atoms in total. The molecule has 0 fully saturated rings. The number of fused-ring (bicyclic) bond motifs is 1. The van der Waals surface area contributed by atoms with Crippen molar-refractivity contribution >= 4 is 33.4 Å². The number of aliphatic carboxylic acids is 1.